The Kier molecular flexibility index (Phi) is 5.81. The average Bonchev–Trinajstić information content (AvgIpc) is 2.28. The van der Waals surface area contributed by atoms with Crippen LogP contribution >= 0.6 is 11.8 Å². The second-order valence-corrected chi connectivity index (χ2v) is 4.19. The van der Waals surface area contributed by atoms with Gasteiger partial charge in [-0.3, -0.25) is 4.79 Å². The van der Waals surface area contributed by atoms with Crippen molar-refractivity contribution in [3.05, 3.63) is 18.5 Å². The molecule has 0 aromatic carbocycles. The van der Waals surface area contributed by atoms with Crippen LogP contribution in [0, 0.1) is 0 Å². The summed E-state index contributed by atoms with van der Waals surface area (Å²) in [6.45, 7) is 2.41. The molecule has 0 saturated heterocycles. The molecule has 1 unspecified atom stereocenters. The Morgan fingerprint density at radius 2 is 2.25 bits per heavy atom. The number of nitrogens with one attached hydrogen (secondary N) is 1. The molecule has 0 aliphatic carbocycles. The van der Waals surface area contributed by atoms with Crippen molar-refractivity contribution in [2.24, 2.45) is 0 Å². The van der Waals surface area contributed by atoms with E-state index in [1.165, 1.54) is 11.8 Å². The lowest BCUT2D eigenvalue weighted by atomic mass is 10.3. The topological polar surface area (TPSA) is 64.1 Å². The van der Waals surface area contributed by atoms with Crippen LogP contribution in [0.15, 0.2) is 23.6 Å². The number of thioether (sulfide) groups is 1. The summed E-state index contributed by atoms with van der Waals surface area (Å²) in [7, 11) is 1.61. The van der Waals surface area contributed by atoms with Crippen molar-refractivity contribution >= 4 is 17.7 Å². The highest BCUT2D eigenvalue weighted by atomic mass is 32.2. The number of rotatable bonds is 6. The van der Waals surface area contributed by atoms with E-state index in [1.807, 2.05) is 6.92 Å². The largest absolute Gasteiger partial charge is 0.383 e. The summed E-state index contributed by atoms with van der Waals surface area (Å²) in [5.41, 5.74) is 0. The molecule has 88 valence electrons. The Labute approximate surface area is 99.0 Å². The van der Waals surface area contributed by atoms with Crippen LogP contribution in [0.25, 0.3) is 0 Å². The lowest BCUT2D eigenvalue weighted by Crippen LogP contribution is -2.36. The normalized spacial score (nSPS) is 12.1. The van der Waals surface area contributed by atoms with Crippen molar-refractivity contribution in [3.8, 4) is 0 Å². The van der Waals surface area contributed by atoms with Gasteiger partial charge in [-0.05, 0) is 13.0 Å². The molecule has 0 aliphatic heterocycles. The van der Waals surface area contributed by atoms with Gasteiger partial charge in [0.1, 0.15) is 0 Å². The Hall–Kier alpha value is -1.14. The summed E-state index contributed by atoms with van der Waals surface area (Å²) in [4.78, 5) is 19.5. The van der Waals surface area contributed by atoms with Gasteiger partial charge in [-0.2, -0.15) is 0 Å². The van der Waals surface area contributed by atoms with Crippen molar-refractivity contribution in [1.29, 1.82) is 0 Å². The number of nitrogens with zero attached hydrogens (tertiary/aromatic N) is 2. The first-order valence-corrected chi connectivity index (χ1v) is 5.89. The fourth-order valence-electron chi connectivity index (χ4n) is 1.10. The van der Waals surface area contributed by atoms with Crippen LogP contribution in [0.5, 0.6) is 0 Å². The Morgan fingerprint density at radius 3 is 2.88 bits per heavy atom. The molecule has 1 atom stereocenters. The van der Waals surface area contributed by atoms with E-state index in [1.54, 1.807) is 25.6 Å². The first-order valence-electron chi connectivity index (χ1n) is 4.90. The highest BCUT2D eigenvalue weighted by Crippen LogP contribution is 2.09. The van der Waals surface area contributed by atoms with E-state index in [0.717, 1.165) is 0 Å². The number of carbonyl (C=O) groups is 1. The third-order valence-electron chi connectivity index (χ3n) is 1.70. The van der Waals surface area contributed by atoms with E-state index in [9.17, 15) is 4.79 Å². The van der Waals surface area contributed by atoms with Crippen LogP contribution in [-0.4, -0.2) is 41.4 Å². The van der Waals surface area contributed by atoms with Gasteiger partial charge < -0.3 is 10.1 Å². The van der Waals surface area contributed by atoms with Gasteiger partial charge in [-0.15, -0.1) is 0 Å². The standard InChI is InChI=1S/C10H15N3O2S/c1-8(6-15-2)13-9(14)7-16-10-11-4-3-5-12-10/h3-5,8H,6-7H2,1-2H3,(H,13,14). The number of amides is 1. The predicted molar refractivity (Wildman–Crippen MR) is 62.2 cm³/mol. The molecule has 0 aliphatic rings. The molecule has 1 amide bonds. The molecule has 0 bridgehead atoms. The zero-order valence-electron chi connectivity index (χ0n) is 9.34. The minimum atomic E-state index is -0.0398. The van der Waals surface area contributed by atoms with Gasteiger partial charge in [0.25, 0.3) is 0 Å². The van der Waals surface area contributed by atoms with Crippen LogP contribution in [0.4, 0.5) is 0 Å². The summed E-state index contributed by atoms with van der Waals surface area (Å²) >= 11 is 1.31. The number of hydrogen-bond donors (Lipinski definition) is 1. The molecular formula is C10H15N3O2S. The molecule has 6 heteroatoms. The van der Waals surface area contributed by atoms with Gasteiger partial charge in [0, 0.05) is 25.5 Å². The lowest BCUT2D eigenvalue weighted by molar-refractivity contribution is -0.119. The maximum Gasteiger partial charge on any atom is 0.230 e. The quantitative estimate of drug-likeness (QED) is 0.587. The van der Waals surface area contributed by atoms with Crippen LogP contribution in [0.2, 0.25) is 0 Å². The Balaban J connectivity index is 2.25. The molecule has 0 radical (unpaired) electrons. The molecular weight excluding hydrogens is 226 g/mol. The smallest absolute Gasteiger partial charge is 0.230 e. The van der Waals surface area contributed by atoms with Crippen molar-refractivity contribution in [1.82, 2.24) is 15.3 Å². The molecule has 16 heavy (non-hydrogen) atoms. The van der Waals surface area contributed by atoms with Gasteiger partial charge in [0.05, 0.1) is 12.4 Å². The molecule has 1 aromatic heterocycles. The zero-order chi connectivity index (χ0) is 11.8. The molecule has 1 heterocycles. The van der Waals surface area contributed by atoms with Gasteiger partial charge in [-0.1, -0.05) is 11.8 Å². The van der Waals surface area contributed by atoms with E-state index in [-0.39, 0.29) is 11.9 Å². The molecule has 1 aromatic rings. The second kappa shape index (κ2) is 7.19. The van der Waals surface area contributed by atoms with E-state index in [2.05, 4.69) is 15.3 Å². The SMILES string of the molecule is COCC(C)NC(=O)CSc1ncccn1. The van der Waals surface area contributed by atoms with Crippen LogP contribution in [0.1, 0.15) is 6.92 Å². The molecule has 0 saturated carbocycles. The first kappa shape index (κ1) is 12.9. The second-order valence-electron chi connectivity index (χ2n) is 3.24. The van der Waals surface area contributed by atoms with Crippen molar-refractivity contribution in [3.63, 3.8) is 0 Å². The molecule has 0 spiro atoms. The highest BCUT2D eigenvalue weighted by molar-refractivity contribution is 7.99. The predicted octanol–water partition coefficient (Wildman–Crippen LogP) is 0.720. The fraction of sp³-hybridized carbons (Fsp3) is 0.500. The minimum absolute atomic E-state index is 0.0230. The first-order chi connectivity index (χ1) is 7.72. The minimum Gasteiger partial charge on any atom is -0.383 e. The maximum atomic E-state index is 11.5. The van der Waals surface area contributed by atoms with Crippen molar-refractivity contribution < 1.29 is 9.53 Å². The van der Waals surface area contributed by atoms with Crippen LogP contribution < -0.4 is 5.32 Å². The third-order valence-corrected chi connectivity index (χ3v) is 2.57. The Bertz CT molecular complexity index is 321. The number of carbonyl (C=O) groups excluding carboxylic acids is 1. The van der Waals surface area contributed by atoms with E-state index >= 15 is 0 Å². The molecule has 1 rings (SSSR count). The molecule has 1 N–H and O–H groups in total. The van der Waals surface area contributed by atoms with Gasteiger partial charge in [0.2, 0.25) is 5.91 Å². The van der Waals surface area contributed by atoms with Gasteiger partial charge >= 0.3 is 0 Å². The molecule has 0 fully saturated rings. The number of ether oxygens (including phenoxy) is 1. The monoisotopic (exact) mass is 241 g/mol. The zero-order valence-corrected chi connectivity index (χ0v) is 10.2. The average molecular weight is 241 g/mol. The summed E-state index contributed by atoms with van der Waals surface area (Å²) in [5, 5.41) is 3.42. The Morgan fingerprint density at radius 1 is 1.56 bits per heavy atom. The van der Waals surface area contributed by atoms with Gasteiger partial charge in [0.15, 0.2) is 5.16 Å². The highest BCUT2D eigenvalue weighted by Gasteiger charge is 2.07. The summed E-state index contributed by atoms with van der Waals surface area (Å²) in [6, 6.07) is 1.76. The summed E-state index contributed by atoms with van der Waals surface area (Å²) in [6.07, 6.45) is 3.31. The van der Waals surface area contributed by atoms with E-state index in [0.29, 0.717) is 17.5 Å². The van der Waals surface area contributed by atoms with Crippen molar-refractivity contribution in [2.45, 2.75) is 18.1 Å². The van der Waals surface area contributed by atoms with E-state index in [4.69, 9.17) is 4.74 Å². The fourth-order valence-corrected chi connectivity index (χ4v) is 1.71. The lowest BCUT2D eigenvalue weighted by Gasteiger charge is -2.11. The van der Waals surface area contributed by atoms with E-state index < -0.39 is 0 Å². The summed E-state index contributed by atoms with van der Waals surface area (Å²) in [5.74, 6) is 0.278. The third kappa shape index (κ3) is 5.09. The van der Waals surface area contributed by atoms with Crippen LogP contribution in [0.3, 0.4) is 0 Å². The maximum absolute atomic E-state index is 11.5. The van der Waals surface area contributed by atoms with Crippen LogP contribution in [-0.2, 0) is 9.53 Å². The molecule has 5 nitrogen and oxygen atoms in total. The van der Waals surface area contributed by atoms with Gasteiger partial charge in [-0.25, -0.2) is 9.97 Å². The number of aromatic nitrogens is 2. The van der Waals surface area contributed by atoms with Crippen molar-refractivity contribution in [2.75, 3.05) is 19.5 Å². The number of methoxy groups -OCH3 is 1. The number of hydrogen-bond acceptors (Lipinski definition) is 5. The summed E-state index contributed by atoms with van der Waals surface area (Å²) < 4.78 is 4.92.